The van der Waals surface area contributed by atoms with Crippen LogP contribution >= 0.6 is 11.3 Å². The number of nitrogens with zero attached hydrogens (tertiary/aromatic N) is 2. The molecule has 0 bridgehead atoms. The fraction of sp³-hybridized carbons (Fsp3) is 0.652. The van der Waals surface area contributed by atoms with Crippen LogP contribution in [0.15, 0.2) is 12.3 Å². The van der Waals surface area contributed by atoms with Crippen molar-refractivity contribution in [2.75, 3.05) is 26.3 Å². The van der Waals surface area contributed by atoms with Gasteiger partial charge in [0.1, 0.15) is 10.6 Å². The maximum atomic E-state index is 11.3. The number of hydrogen-bond acceptors (Lipinski definition) is 6. The number of fused-ring (bicyclic) bond motifs is 3. The average Bonchev–Trinajstić information content (AvgIpc) is 3.33. The molecule has 2 N–H and O–H groups in total. The second-order valence-corrected chi connectivity index (χ2v) is 9.95. The molecule has 3 aliphatic rings. The molecular formula is C23H31N3O3S. The van der Waals surface area contributed by atoms with Crippen molar-refractivity contribution in [3.05, 3.63) is 22.7 Å². The van der Waals surface area contributed by atoms with Gasteiger partial charge in [0.2, 0.25) is 5.91 Å². The molecule has 5 rings (SSSR count). The Balaban J connectivity index is 1.30. The van der Waals surface area contributed by atoms with Gasteiger partial charge in [0.05, 0.1) is 24.7 Å². The molecule has 6 nitrogen and oxygen atoms in total. The van der Waals surface area contributed by atoms with Gasteiger partial charge in [-0.15, -0.1) is 11.3 Å². The number of hydrogen-bond donors (Lipinski definition) is 1. The zero-order chi connectivity index (χ0) is 20.5. The summed E-state index contributed by atoms with van der Waals surface area (Å²) in [5.41, 5.74) is 6.79. The number of aryl methyl sites for hydroxylation is 1. The van der Waals surface area contributed by atoms with E-state index in [2.05, 4.69) is 9.88 Å². The van der Waals surface area contributed by atoms with Gasteiger partial charge in [-0.2, -0.15) is 0 Å². The van der Waals surface area contributed by atoms with E-state index in [0.717, 1.165) is 69.0 Å². The number of ether oxygens (including phenoxy) is 2. The minimum Gasteiger partial charge on any atom is -0.490 e. The quantitative estimate of drug-likeness (QED) is 0.759. The molecule has 3 heterocycles. The number of carbonyl (C=O) groups excluding carboxylic acids is 1. The Bertz CT molecular complexity index is 900. The van der Waals surface area contributed by atoms with Crippen molar-refractivity contribution in [2.24, 2.45) is 5.73 Å². The Morgan fingerprint density at radius 2 is 2.03 bits per heavy atom. The maximum Gasteiger partial charge on any atom is 0.217 e. The van der Waals surface area contributed by atoms with Crippen molar-refractivity contribution in [2.45, 2.75) is 69.4 Å². The van der Waals surface area contributed by atoms with Crippen molar-refractivity contribution < 1.29 is 14.3 Å². The second kappa shape index (κ2) is 8.81. The molecule has 7 heteroatoms. The minimum atomic E-state index is -0.213. The van der Waals surface area contributed by atoms with E-state index < -0.39 is 0 Å². The SMILES string of the molecule is NC(=O)CC[C@H]1CCc2sc3nccc(O[C@H]4CC[C@H](N5CCOCC5)CC4)c3c21. The van der Waals surface area contributed by atoms with Gasteiger partial charge >= 0.3 is 0 Å². The van der Waals surface area contributed by atoms with Crippen molar-refractivity contribution in [1.29, 1.82) is 0 Å². The van der Waals surface area contributed by atoms with E-state index in [9.17, 15) is 4.79 Å². The minimum absolute atomic E-state index is 0.213. The van der Waals surface area contributed by atoms with Gasteiger partial charge in [0, 0.05) is 36.6 Å². The lowest BCUT2D eigenvalue weighted by atomic mass is 9.91. The highest BCUT2D eigenvalue weighted by Gasteiger charge is 2.31. The molecule has 162 valence electrons. The first-order valence-corrected chi connectivity index (χ1v) is 12.2. The van der Waals surface area contributed by atoms with E-state index in [1.807, 2.05) is 12.3 Å². The maximum absolute atomic E-state index is 11.3. The summed E-state index contributed by atoms with van der Waals surface area (Å²) in [4.78, 5) is 21.0. The van der Waals surface area contributed by atoms with Gasteiger partial charge in [-0.1, -0.05) is 0 Å². The first-order chi connectivity index (χ1) is 14.7. The van der Waals surface area contributed by atoms with E-state index in [1.54, 1.807) is 11.3 Å². The number of morpholine rings is 1. The van der Waals surface area contributed by atoms with Crippen LogP contribution in [0.1, 0.15) is 61.3 Å². The molecule has 1 saturated carbocycles. The number of thiophene rings is 1. The van der Waals surface area contributed by atoms with Crippen LogP contribution in [0.25, 0.3) is 10.2 Å². The van der Waals surface area contributed by atoms with Crippen LogP contribution in [0, 0.1) is 0 Å². The largest absolute Gasteiger partial charge is 0.490 e. The van der Waals surface area contributed by atoms with Crippen LogP contribution in [-0.2, 0) is 16.0 Å². The van der Waals surface area contributed by atoms with E-state index in [4.69, 9.17) is 15.2 Å². The number of nitrogens with two attached hydrogens (primary N) is 1. The number of amides is 1. The summed E-state index contributed by atoms with van der Waals surface area (Å²) in [6, 6.07) is 2.71. The summed E-state index contributed by atoms with van der Waals surface area (Å²) in [6.07, 6.45) is 10.2. The third-order valence-electron chi connectivity index (χ3n) is 7.03. The highest BCUT2D eigenvalue weighted by molar-refractivity contribution is 7.19. The van der Waals surface area contributed by atoms with E-state index in [0.29, 0.717) is 18.4 Å². The monoisotopic (exact) mass is 429 g/mol. The third kappa shape index (κ3) is 4.07. The van der Waals surface area contributed by atoms with Gasteiger partial charge in [0.25, 0.3) is 0 Å². The first kappa shape index (κ1) is 20.2. The first-order valence-electron chi connectivity index (χ1n) is 11.4. The number of carbonyl (C=O) groups is 1. The van der Waals surface area contributed by atoms with E-state index >= 15 is 0 Å². The molecule has 1 saturated heterocycles. The Morgan fingerprint density at radius 1 is 1.23 bits per heavy atom. The van der Waals surface area contributed by atoms with Crippen LogP contribution in [0.2, 0.25) is 0 Å². The predicted octanol–water partition coefficient (Wildman–Crippen LogP) is 3.61. The summed E-state index contributed by atoms with van der Waals surface area (Å²) in [5, 5.41) is 1.19. The highest BCUT2D eigenvalue weighted by Crippen LogP contribution is 2.48. The van der Waals surface area contributed by atoms with Gasteiger partial charge in [-0.05, 0) is 62.5 Å². The molecule has 2 aliphatic carbocycles. The lowest BCUT2D eigenvalue weighted by Crippen LogP contribution is -2.46. The van der Waals surface area contributed by atoms with Gasteiger partial charge < -0.3 is 15.2 Å². The van der Waals surface area contributed by atoms with E-state index in [1.165, 1.54) is 28.7 Å². The Morgan fingerprint density at radius 3 is 2.80 bits per heavy atom. The van der Waals surface area contributed by atoms with Gasteiger partial charge in [-0.25, -0.2) is 4.98 Å². The standard InChI is InChI=1S/C23H31N3O3S/c24-20(27)8-2-15-1-7-19-21(15)22-18(9-10-25-23(22)30-19)29-17-5-3-16(4-6-17)26-11-13-28-14-12-26/h9-10,15-17H,1-8,11-14H2,(H2,24,27)/t15-,16-,17-/m1/s1. The van der Waals surface area contributed by atoms with Crippen molar-refractivity contribution in [3.8, 4) is 5.75 Å². The molecule has 1 aliphatic heterocycles. The van der Waals surface area contributed by atoms with E-state index in [-0.39, 0.29) is 12.0 Å². The average molecular weight is 430 g/mol. The summed E-state index contributed by atoms with van der Waals surface area (Å²) >= 11 is 1.79. The summed E-state index contributed by atoms with van der Waals surface area (Å²) in [6.45, 7) is 3.86. The molecule has 1 amide bonds. The van der Waals surface area contributed by atoms with Crippen molar-refractivity contribution in [1.82, 2.24) is 9.88 Å². The molecule has 2 aromatic heterocycles. The van der Waals surface area contributed by atoms with Crippen LogP contribution < -0.4 is 10.5 Å². The Kier molecular flexibility index (Phi) is 5.94. The fourth-order valence-electron chi connectivity index (χ4n) is 5.48. The zero-order valence-electron chi connectivity index (χ0n) is 17.5. The third-order valence-corrected chi connectivity index (χ3v) is 8.21. The van der Waals surface area contributed by atoms with Crippen molar-refractivity contribution in [3.63, 3.8) is 0 Å². The topological polar surface area (TPSA) is 77.7 Å². The number of pyridine rings is 1. The highest BCUT2D eigenvalue weighted by atomic mass is 32.1. The van der Waals surface area contributed by atoms with Crippen LogP contribution in [-0.4, -0.2) is 54.2 Å². The number of rotatable bonds is 6. The predicted molar refractivity (Wildman–Crippen MR) is 118 cm³/mol. The summed E-state index contributed by atoms with van der Waals surface area (Å²) < 4.78 is 12.1. The smallest absolute Gasteiger partial charge is 0.217 e. The van der Waals surface area contributed by atoms with Gasteiger partial charge in [0.15, 0.2) is 0 Å². The molecule has 0 unspecified atom stereocenters. The summed E-state index contributed by atoms with van der Waals surface area (Å²) in [5.74, 6) is 1.16. The molecule has 1 atom stereocenters. The lowest BCUT2D eigenvalue weighted by Gasteiger charge is -2.38. The number of primary amides is 1. The van der Waals surface area contributed by atoms with Crippen LogP contribution in [0.5, 0.6) is 5.75 Å². The molecular weight excluding hydrogens is 398 g/mol. The molecule has 30 heavy (non-hydrogen) atoms. The Hall–Kier alpha value is -1.70. The number of aromatic nitrogens is 1. The zero-order valence-corrected chi connectivity index (χ0v) is 18.3. The molecule has 2 fully saturated rings. The lowest BCUT2D eigenvalue weighted by molar-refractivity contribution is -0.118. The van der Waals surface area contributed by atoms with Crippen LogP contribution in [0.4, 0.5) is 0 Å². The van der Waals surface area contributed by atoms with Gasteiger partial charge in [-0.3, -0.25) is 9.69 Å². The van der Waals surface area contributed by atoms with Crippen molar-refractivity contribution >= 4 is 27.5 Å². The molecule has 0 spiro atoms. The summed E-state index contributed by atoms with van der Waals surface area (Å²) in [7, 11) is 0. The second-order valence-electron chi connectivity index (χ2n) is 8.87. The normalized spacial score (nSPS) is 27.3. The molecule has 0 radical (unpaired) electrons. The molecule has 2 aromatic rings. The molecule has 0 aromatic carbocycles. The Labute approximate surface area is 181 Å². The fourth-order valence-corrected chi connectivity index (χ4v) is 6.74. The van der Waals surface area contributed by atoms with Crippen LogP contribution in [0.3, 0.4) is 0 Å².